The van der Waals surface area contributed by atoms with Crippen LogP contribution in [0.15, 0.2) is 47.1 Å². The van der Waals surface area contributed by atoms with Crippen LogP contribution in [0, 0.1) is 23.7 Å². The van der Waals surface area contributed by atoms with Crippen LogP contribution < -0.4 is 0 Å². The van der Waals surface area contributed by atoms with Crippen molar-refractivity contribution >= 4 is 17.4 Å². The maximum absolute atomic E-state index is 12.6. The van der Waals surface area contributed by atoms with Gasteiger partial charge in [0.25, 0.3) is 0 Å². The summed E-state index contributed by atoms with van der Waals surface area (Å²) in [6, 6.07) is 8.01. The first-order valence-electron chi connectivity index (χ1n) is 6.44. The number of carbonyl (C=O) groups excluding carboxylic acids is 1. The third kappa shape index (κ3) is 1.73. The molecule has 0 saturated carbocycles. The summed E-state index contributed by atoms with van der Waals surface area (Å²) in [5.74, 6) is 11.5. The second-order valence-electron chi connectivity index (χ2n) is 4.57. The molecule has 0 aromatic heterocycles. The largest absolute Gasteiger partial charge is 0.288 e. The number of hydrogen-bond acceptors (Lipinski definition) is 1. The summed E-state index contributed by atoms with van der Waals surface area (Å²) in [4.78, 5) is 12.6. The van der Waals surface area contributed by atoms with Crippen molar-refractivity contribution < 1.29 is 4.79 Å². The van der Waals surface area contributed by atoms with Gasteiger partial charge in [0.1, 0.15) is 0 Å². The fraction of sp³-hybridized carbons (Fsp3) is 0.105. The molecule has 2 aliphatic rings. The molecule has 0 radical (unpaired) electrons. The van der Waals surface area contributed by atoms with E-state index in [-0.39, 0.29) is 5.78 Å². The molecule has 2 aliphatic carbocycles. The van der Waals surface area contributed by atoms with Gasteiger partial charge in [-0.3, -0.25) is 4.79 Å². The Kier molecular flexibility index (Phi) is 2.90. The van der Waals surface area contributed by atoms with Gasteiger partial charge < -0.3 is 0 Å². The second-order valence-corrected chi connectivity index (χ2v) is 4.57. The van der Waals surface area contributed by atoms with Gasteiger partial charge in [0.15, 0.2) is 0 Å². The van der Waals surface area contributed by atoms with Crippen molar-refractivity contribution in [1.82, 2.24) is 0 Å². The number of benzene rings is 1. The Morgan fingerprint density at radius 1 is 0.900 bits per heavy atom. The van der Waals surface area contributed by atoms with Gasteiger partial charge in [-0.25, -0.2) is 0 Å². The molecule has 0 saturated heterocycles. The lowest BCUT2D eigenvalue weighted by molar-refractivity contribution is -0.111. The third-order valence-corrected chi connectivity index (χ3v) is 3.38. The van der Waals surface area contributed by atoms with Gasteiger partial charge in [0, 0.05) is 11.1 Å². The molecule has 3 rings (SSSR count). The van der Waals surface area contributed by atoms with Crippen molar-refractivity contribution in [2.75, 3.05) is 0 Å². The van der Waals surface area contributed by atoms with E-state index in [1.54, 1.807) is 13.8 Å². The Bertz CT molecular complexity index is 837. The highest BCUT2D eigenvalue weighted by Gasteiger charge is 2.30. The lowest BCUT2D eigenvalue weighted by Gasteiger charge is -2.13. The maximum atomic E-state index is 12.6. The first-order chi connectivity index (χ1) is 9.76. The van der Waals surface area contributed by atoms with Crippen molar-refractivity contribution in [2.45, 2.75) is 13.8 Å². The molecule has 0 aliphatic heterocycles. The molecular formula is C19H12O. The number of carbonyl (C=O) groups is 1. The number of ketones is 1. The first-order valence-corrected chi connectivity index (χ1v) is 6.44. The topological polar surface area (TPSA) is 17.1 Å². The monoisotopic (exact) mass is 256 g/mol. The highest BCUT2D eigenvalue weighted by atomic mass is 16.1. The normalized spacial score (nSPS) is 15.2. The molecule has 0 fully saturated rings. The average molecular weight is 256 g/mol. The van der Waals surface area contributed by atoms with E-state index in [0.29, 0.717) is 5.57 Å². The fourth-order valence-corrected chi connectivity index (χ4v) is 2.55. The van der Waals surface area contributed by atoms with Crippen LogP contribution in [-0.4, -0.2) is 5.78 Å². The summed E-state index contributed by atoms with van der Waals surface area (Å²) in [5.41, 5.74) is 5.09. The Morgan fingerprint density at radius 3 is 2.40 bits per heavy atom. The minimum Gasteiger partial charge on any atom is -0.288 e. The molecule has 0 unspecified atom stereocenters. The number of rotatable bonds is 0. The van der Waals surface area contributed by atoms with Crippen LogP contribution in [0.5, 0.6) is 0 Å². The van der Waals surface area contributed by atoms with Gasteiger partial charge in [0.05, 0.1) is 5.57 Å². The smallest absolute Gasteiger partial charge is 0.203 e. The number of fused-ring (bicyclic) bond motifs is 3. The van der Waals surface area contributed by atoms with E-state index in [4.69, 9.17) is 0 Å². The summed E-state index contributed by atoms with van der Waals surface area (Å²) in [6.07, 6.45) is 3.92. The van der Waals surface area contributed by atoms with Crippen molar-refractivity contribution in [3.63, 3.8) is 0 Å². The highest BCUT2D eigenvalue weighted by molar-refractivity contribution is 6.28. The van der Waals surface area contributed by atoms with Crippen molar-refractivity contribution in [3.05, 3.63) is 58.2 Å². The number of allylic oxidation sites excluding steroid dienone is 5. The Labute approximate surface area is 118 Å². The van der Waals surface area contributed by atoms with Crippen LogP contribution in [-0.2, 0) is 4.79 Å². The lowest BCUT2D eigenvalue weighted by atomic mass is 9.87. The SMILES string of the molecule is CC#CC1=C(C#CC)C(=O)C2=Cc3ccccc3C2=C1. The van der Waals surface area contributed by atoms with Gasteiger partial charge in [-0.15, -0.1) is 11.8 Å². The summed E-state index contributed by atoms with van der Waals surface area (Å²) >= 11 is 0. The zero-order chi connectivity index (χ0) is 14.1. The van der Waals surface area contributed by atoms with Crippen molar-refractivity contribution in [1.29, 1.82) is 0 Å². The average Bonchev–Trinajstić information content (AvgIpc) is 2.83. The number of hydrogen-bond donors (Lipinski definition) is 0. The maximum Gasteiger partial charge on any atom is 0.203 e. The third-order valence-electron chi connectivity index (χ3n) is 3.38. The molecule has 0 spiro atoms. The molecule has 1 aromatic rings. The Hall–Kier alpha value is -2.77. The van der Waals surface area contributed by atoms with E-state index in [1.165, 1.54) is 0 Å². The summed E-state index contributed by atoms with van der Waals surface area (Å²) in [7, 11) is 0. The van der Waals surface area contributed by atoms with E-state index in [9.17, 15) is 4.79 Å². The molecule has 1 heteroatoms. The molecule has 0 atom stereocenters. The quantitative estimate of drug-likeness (QED) is 0.650. The molecular weight excluding hydrogens is 244 g/mol. The molecule has 0 N–H and O–H groups in total. The number of Topliss-reactive ketones (excluding diaryl/α,β-unsaturated/α-hetero) is 1. The van der Waals surface area contributed by atoms with Crippen molar-refractivity contribution in [3.8, 4) is 23.7 Å². The predicted molar refractivity (Wildman–Crippen MR) is 81.3 cm³/mol. The van der Waals surface area contributed by atoms with E-state index in [2.05, 4.69) is 23.7 Å². The van der Waals surface area contributed by atoms with E-state index < -0.39 is 0 Å². The molecule has 1 nitrogen and oxygen atoms in total. The van der Waals surface area contributed by atoms with Gasteiger partial charge in [0.2, 0.25) is 5.78 Å². The van der Waals surface area contributed by atoms with Gasteiger partial charge >= 0.3 is 0 Å². The van der Waals surface area contributed by atoms with E-state index >= 15 is 0 Å². The molecule has 1 aromatic carbocycles. The molecule has 20 heavy (non-hydrogen) atoms. The summed E-state index contributed by atoms with van der Waals surface area (Å²) in [5, 5.41) is 0. The van der Waals surface area contributed by atoms with Crippen LogP contribution in [0.1, 0.15) is 25.0 Å². The van der Waals surface area contributed by atoms with Gasteiger partial charge in [-0.05, 0) is 42.7 Å². The van der Waals surface area contributed by atoms with Crippen LogP contribution in [0.4, 0.5) is 0 Å². The standard InChI is InChI=1S/C19H12O/c1-3-7-13-11-17-15-10-6-5-9-14(15)12-18(17)19(20)16(13)8-4-2/h5-6,9-12H,1-2H3. The predicted octanol–water partition coefficient (Wildman–Crippen LogP) is 3.39. The second kappa shape index (κ2) is 4.72. The Morgan fingerprint density at radius 2 is 1.65 bits per heavy atom. The minimum atomic E-state index is -0.0224. The van der Waals surface area contributed by atoms with Crippen LogP contribution >= 0.6 is 0 Å². The highest BCUT2D eigenvalue weighted by Crippen LogP contribution is 2.40. The zero-order valence-electron chi connectivity index (χ0n) is 11.4. The molecule has 0 amide bonds. The van der Waals surface area contributed by atoms with Crippen molar-refractivity contribution in [2.24, 2.45) is 0 Å². The summed E-state index contributed by atoms with van der Waals surface area (Å²) in [6.45, 7) is 3.50. The van der Waals surface area contributed by atoms with Crippen LogP contribution in [0.3, 0.4) is 0 Å². The van der Waals surface area contributed by atoms with Crippen LogP contribution in [0.25, 0.3) is 11.6 Å². The minimum absolute atomic E-state index is 0.0224. The molecule has 0 heterocycles. The molecule has 0 bridgehead atoms. The Balaban J connectivity index is 2.27. The van der Waals surface area contributed by atoms with Crippen LogP contribution in [0.2, 0.25) is 0 Å². The van der Waals surface area contributed by atoms with Gasteiger partial charge in [-0.1, -0.05) is 36.1 Å². The van der Waals surface area contributed by atoms with E-state index in [1.807, 2.05) is 36.4 Å². The molecule has 94 valence electrons. The van der Waals surface area contributed by atoms with Gasteiger partial charge in [-0.2, -0.15) is 0 Å². The zero-order valence-corrected chi connectivity index (χ0v) is 11.4. The van der Waals surface area contributed by atoms with E-state index in [0.717, 1.165) is 27.8 Å². The summed E-state index contributed by atoms with van der Waals surface area (Å²) < 4.78 is 0. The fourth-order valence-electron chi connectivity index (χ4n) is 2.55. The lowest BCUT2D eigenvalue weighted by Crippen LogP contribution is -2.11. The first kappa shape index (κ1) is 12.3.